The van der Waals surface area contributed by atoms with Gasteiger partial charge in [-0.2, -0.15) is 0 Å². The standard InChI is InChI=1S/C22H28ClNO2/c1-22(2,13-16-11-17-7-3-4-8-18(17)12-16)24-14-19(25)15-26-21-10-6-5-9-20(21)23/h3-10,16,19,24-25H,11-15H2,1-2H3/t19-/m1/s1. The van der Waals surface area contributed by atoms with Crippen molar-refractivity contribution in [3.63, 3.8) is 0 Å². The Labute approximate surface area is 161 Å². The van der Waals surface area contributed by atoms with Gasteiger partial charge in [-0.1, -0.05) is 48.0 Å². The number of rotatable bonds is 8. The highest BCUT2D eigenvalue weighted by Gasteiger charge is 2.28. The van der Waals surface area contributed by atoms with Crippen LogP contribution in [-0.2, 0) is 12.8 Å². The van der Waals surface area contributed by atoms with Crippen LogP contribution in [0.4, 0.5) is 0 Å². The molecular weight excluding hydrogens is 346 g/mol. The van der Waals surface area contributed by atoms with Gasteiger partial charge in [0.1, 0.15) is 18.5 Å². The van der Waals surface area contributed by atoms with E-state index < -0.39 is 6.10 Å². The smallest absolute Gasteiger partial charge is 0.138 e. The van der Waals surface area contributed by atoms with Gasteiger partial charge in [0.05, 0.1) is 5.02 Å². The number of fused-ring (bicyclic) bond motifs is 1. The number of halogens is 1. The van der Waals surface area contributed by atoms with Crippen molar-refractivity contribution >= 4 is 11.6 Å². The fourth-order valence-corrected chi connectivity index (χ4v) is 3.98. The lowest BCUT2D eigenvalue weighted by molar-refractivity contribution is 0.0966. The summed E-state index contributed by atoms with van der Waals surface area (Å²) in [6.07, 6.45) is 2.81. The Kier molecular flexibility index (Phi) is 6.23. The SMILES string of the molecule is CC(C)(CC1Cc2ccccc2C1)NC[C@@H](O)COc1ccccc1Cl. The number of nitrogens with one attached hydrogen (secondary N) is 1. The predicted octanol–water partition coefficient (Wildman–Crippen LogP) is 4.25. The Hall–Kier alpha value is -1.55. The van der Waals surface area contributed by atoms with Crippen molar-refractivity contribution in [3.05, 3.63) is 64.7 Å². The molecular formula is C22H28ClNO2. The van der Waals surface area contributed by atoms with Crippen LogP contribution in [0.3, 0.4) is 0 Å². The van der Waals surface area contributed by atoms with Crippen LogP contribution in [0.2, 0.25) is 5.02 Å². The highest BCUT2D eigenvalue weighted by atomic mass is 35.5. The molecule has 3 rings (SSSR count). The molecule has 0 spiro atoms. The monoisotopic (exact) mass is 373 g/mol. The summed E-state index contributed by atoms with van der Waals surface area (Å²) in [6, 6.07) is 16.1. The number of ether oxygens (including phenoxy) is 1. The summed E-state index contributed by atoms with van der Waals surface area (Å²) in [5, 5.41) is 14.3. The van der Waals surface area contributed by atoms with Crippen LogP contribution in [0.1, 0.15) is 31.4 Å². The van der Waals surface area contributed by atoms with E-state index in [0.29, 0.717) is 23.2 Å². The highest BCUT2D eigenvalue weighted by molar-refractivity contribution is 6.32. The molecule has 2 aromatic rings. The Morgan fingerprint density at radius 2 is 1.73 bits per heavy atom. The lowest BCUT2D eigenvalue weighted by atomic mass is 9.88. The average Bonchev–Trinajstić information content (AvgIpc) is 3.00. The summed E-state index contributed by atoms with van der Waals surface area (Å²) in [5.74, 6) is 1.27. The summed E-state index contributed by atoms with van der Waals surface area (Å²) in [4.78, 5) is 0. The average molecular weight is 374 g/mol. The van der Waals surface area contributed by atoms with E-state index in [1.807, 2.05) is 18.2 Å². The molecule has 0 fully saturated rings. The van der Waals surface area contributed by atoms with E-state index >= 15 is 0 Å². The van der Waals surface area contributed by atoms with Gasteiger partial charge in [-0.25, -0.2) is 0 Å². The lowest BCUT2D eigenvalue weighted by Gasteiger charge is -2.30. The third-order valence-electron chi connectivity index (χ3n) is 5.02. The molecule has 0 unspecified atom stereocenters. The molecule has 1 atom stereocenters. The van der Waals surface area contributed by atoms with E-state index in [2.05, 4.69) is 43.4 Å². The summed E-state index contributed by atoms with van der Waals surface area (Å²) in [6.45, 7) is 5.13. The quantitative estimate of drug-likeness (QED) is 0.726. The molecule has 26 heavy (non-hydrogen) atoms. The van der Waals surface area contributed by atoms with E-state index in [9.17, 15) is 5.11 Å². The summed E-state index contributed by atoms with van der Waals surface area (Å²) < 4.78 is 5.62. The molecule has 1 aliphatic carbocycles. The van der Waals surface area contributed by atoms with Gasteiger partial charge in [-0.05, 0) is 62.3 Å². The van der Waals surface area contributed by atoms with E-state index in [1.54, 1.807) is 6.07 Å². The van der Waals surface area contributed by atoms with Crippen LogP contribution >= 0.6 is 11.6 Å². The predicted molar refractivity (Wildman–Crippen MR) is 107 cm³/mol. The second kappa shape index (κ2) is 8.43. The Morgan fingerprint density at radius 3 is 2.38 bits per heavy atom. The Bertz CT molecular complexity index is 707. The van der Waals surface area contributed by atoms with Crippen LogP contribution < -0.4 is 10.1 Å². The van der Waals surface area contributed by atoms with Gasteiger partial charge in [-0.3, -0.25) is 0 Å². The number of hydrogen-bond donors (Lipinski definition) is 2. The Balaban J connectivity index is 1.42. The molecule has 0 aliphatic heterocycles. The maximum absolute atomic E-state index is 10.2. The van der Waals surface area contributed by atoms with Crippen LogP contribution in [0.25, 0.3) is 0 Å². The second-order valence-corrected chi connectivity index (χ2v) is 8.31. The minimum absolute atomic E-state index is 0.0297. The van der Waals surface area contributed by atoms with Gasteiger partial charge in [0.2, 0.25) is 0 Å². The minimum Gasteiger partial charge on any atom is -0.489 e. The lowest BCUT2D eigenvalue weighted by Crippen LogP contribution is -2.46. The molecule has 0 aromatic heterocycles. The zero-order chi connectivity index (χ0) is 18.6. The van der Waals surface area contributed by atoms with E-state index in [0.717, 1.165) is 19.3 Å². The fraction of sp³-hybridized carbons (Fsp3) is 0.455. The van der Waals surface area contributed by atoms with E-state index in [4.69, 9.17) is 16.3 Å². The molecule has 140 valence electrons. The maximum Gasteiger partial charge on any atom is 0.138 e. The minimum atomic E-state index is -0.577. The number of hydrogen-bond acceptors (Lipinski definition) is 3. The molecule has 0 amide bonds. The Morgan fingerprint density at radius 1 is 1.12 bits per heavy atom. The maximum atomic E-state index is 10.2. The number of aliphatic hydroxyl groups is 1. The van der Waals surface area contributed by atoms with Gasteiger partial charge >= 0.3 is 0 Å². The molecule has 2 N–H and O–H groups in total. The number of para-hydroxylation sites is 1. The van der Waals surface area contributed by atoms with E-state index in [1.165, 1.54) is 11.1 Å². The largest absolute Gasteiger partial charge is 0.489 e. The van der Waals surface area contributed by atoms with Gasteiger partial charge < -0.3 is 15.2 Å². The van der Waals surface area contributed by atoms with Crippen LogP contribution in [-0.4, -0.2) is 29.9 Å². The van der Waals surface area contributed by atoms with Gasteiger partial charge in [-0.15, -0.1) is 0 Å². The van der Waals surface area contributed by atoms with Crippen molar-refractivity contribution in [1.29, 1.82) is 0 Å². The van der Waals surface area contributed by atoms with Crippen molar-refractivity contribution < 1.29 is 9.84 Å². The summed E-state index contributed by atoms with van der Waals surface area (Å²) in [5.41, 5.74) is 2.95. The molecule has 0 saturated carbocycles. The zero-order valence-corrected chi connectivity index (χ0v) is 16.3. The third kappa shape index (κ3) is 5.23. The molecule has 4 heteroatoms. The first-order valence-corrected chi connectivity index (χ1v) is 9.68. The number of aliphatic hydroxyl groups excluding tert-OH is 1. The summed E-state index contributed by atoms with van der Waals surface area (Å²) in [7, 11) is 0. The molecule has 0 radical (unpaired) electrons. The molecule has 0 heterocycles. The topological polar surface area (TPSA) is 41.5 Å². The molecule has 3 nitrogen and oxygen atoms in total. The van der Waals surface area contributed by atoms with Crippen molar-refractivity contribution in [2.45, 2.75) is 44.8 Å². The van der Waals surface area contributed by atoms with Gasteiger partial charge in [0.25, 0.3) is 0 Å². The van der Waals surface area contributed by atoms with Crippen molar-refractivity contribution in [2.75, 3.05) is 13.2 Å². The van der Waals surface area contributed by atoms with Gasteiger partial charge in [0, 0.05) is 12.1 Å². The third-order valence-corrected chi connectivity index (χ3v) is 5.33. The molecule has 1 aliphatic rings. The first-order chi connectivity index (χ1) is 12.4. The van der Waals surface area contributed by atoms with Crippen molar-refractivity contribution in [2.24, 2.45) is 5.92 Å². The summed E-state index contributed by atoms with van der Waals surface area (Å²) >= 11 is 6.07. The van der Waals surface area contributed by atoms with Crippen molar-refractivity contribution in [3.8, 4) is 5.75 Å². The van der Waals surface area contributed by atoms with E-state index in [-0.39, 0.29) is 12.1 Å². The second-order valence-electron chi connectivity index (χ2n) is 7.91. The molecule has 0 bridgehead atoms. The number of β-amino-alcohol motifs (C(OH)–C–C–N with tert-alkyl or cyclic N) is 1. The first-order valence-electron chi connectivity index (χ1n) is 9.30. The fourth-order valence-electron chi connectivity index (χ4n) is 3.79. The number of benzene rings is 2. The van der Waals surface area contributed by atoms with Gasteiger partial charge in [0.15, 0.2) is 0 Å². The molecule has 2 aromatic carbocycles. The van der Waals surface area contributed by atoms with Crippen LogP contribution in [0.5, 0.6) is 5.75 Å². The van der Waals surface area contributed by atoms with Crippen LogP contribution in [0.15, 0.2) is 48.5 Å². The van der Waals surface area contributed by atoms with Crippen LogP contribution in [0, 0.1) is 5.92 Å². The van der Waals surface area contributed by atoms with Crippen molar-refractivity contribution in [1.82, 2.24) is 5.32 Å². The zero-order valence-electron chi connectivity index (χ0n) is 15.5. The normalized spacial score (nSPS) is 15.7. The highest BCUT2D eigenvalue weighted by Crippen LogP contribution is 2.31. The first kappa shape index (κ1) is 19.2. The molecule has 0 saturated heterocycles.